The summed E-state index contributed by atoms with van der Waals surface area (Å²) in [7, 11) is 0. The molecule has 9 nitrogen and oxygen atoms in total. The number of nitrogens with one attached hydrogen (secondary N) is 2. The first-order valence-corrected chi connectivity index (χ1v) is 10.4. The highest BCUT2D eigenvalue weighted by atomic mass is 32.1. The topological polar surface area (TPSA) is 122 Å². The highest BCUT2D eigenvalue weighted by Crippen LogP contribution is 2.35. The van der Waals surface area contributed by atoms with Crippen molar-refractivity contribution >= 4 is 32.8 Å². The zero-order valence-electron chi connectivity index (χ0n) is 16.3. The Kier molecular flexibility index (Phi) is 6.02. The Morgan fingerprint density at radius 3 is 3.03 bits per heavy atom. The quantitative estimate of drug-likeness (QED) is 0.623. The number of fused-ring (bicyclic) bond motifs is 1. The molecule has 1 fully saturated rings. The monoisotopic (exact) mass is 424 g/mol. The molecule has 4 heterocycles. The number of rotatable bonds is 6. The molecule has 0 spiro atoms. The summed E-state index contributed by atoms with van der Waals surface area (Å²) in [4.78, 5) is 25.7. The molecule has 0 bridgehead atoms. The molecule has 0 aromatic carbocycles. The average molecular weight is 424 g/mol. The number of carbonyl (C=O) groups excluding carboxylic acids is 1. The predicted molar refractivity (Wildman–Crippen MR) is 112 cm³/mol. The van der Waals surface area contributed by atoms with Crippen molar-refractivity contribution in [2.24, 2.45) is 5.92 Å². The summed E-state index contributed by atoms with van der Waals surface area (Å²) in [5.41, 5.74) is 2.48. The van der Waals surface area contributed by atoms with Gasteiger partial charge in [-0.2, -0.15) is 5.26 Å². The Morgan fingerprint density at radius 2 is 2.33 bits per heavy atom. The number of anilines is 1. The maximum Gasteiger partial charge on any atom is 0.321 e. The predicted octanol–water partition coefficient (Wildman–Crippen LogP) is 3.18. The highest BCUT2D eigenvalue weighted by Gasteiger charge is 2.20. The summed E-state index contributed by atoms with van der Waals surface area (Å²) in [6, 6.07) is 7.02. The van der Waals surface area contributed by atoms with Crippen LogP contribution in [0.4, 0.5) is 9.93 Å². The largest absolute Gasteiger partial charge is 0.477 e. The van der Waals surface area contributed by atoms with E-state index in [1.165, 1.54) is 11.3 Å². The lowest BCUT2D eigenvalue weighted by Crippen LogP contribution is -2.28. The van der Waals surface area contributed by atoms with E-state index in [1.807, 2.05) is 19.1 Å². The molecule has 2 N–H and O–H groups in total. The number of nitrogens with zero attached hydrogens (tertiary/aromatic N) is 4. The summed E-state index contributed by atoms with van der Waals surface area (Å²) in [5.74, 6) is 0.792. The van der Waals surface area contributed by atoms with Crippen LogP contribution < -0.4 is 15.4 Å². The Bertz CT molecular complexity index is 1090. The van der Waals surface area contributed by atoms with Crippen molar-refractivity contribution in [3.63, 3.8) is 0 Å². The third kappa shape index (κ3) is 4.48. The van der Waals surface area contributed by atoms with Crippen LogP contribution >= 0.6 is 11.3 Å². The van der Waals surface area contributed by atoms with Crippen molar-refractivity contribution in [2.75, 3.05) is 31.7 Å². The van der Waals surface area contributed by atoms with E-state index in [0.717, 1.165) is 24.2 Å². The first-order valence-electron chi connectivity index (χ1n) is 9.59. The summed E-state index contributed by atoms with van der Waals surface area (Å²) in [6.07, 6.45) is 2.57. The maximum atomic E-state index is 11.8. The van der Waals surface area contributed by atoms with Crippen molar-refractivity contribution in [1.29, 1.82) is 5.26 Å². The zero-order chi connectivity index (χ0) is 20.9. The number of aromatic nitrogens is 3. The van der Waals surface area contributed by atoms with Crippen LogP contribution in [0.15, 0.2) is 24.4 Å². The van der Waals surface area contributed by atoms with E-state index < -0.39 is 0 Å². The number of pyridine rings is 2. The minimum absolute atomic E-state index is 0.314. The number of ether oxygens (including phenoxy) is 2. The van der Waals surface area contributed by atoms with Gasteiger partial charge in [0, 0.05) is 36.4 Å². The van der Waals surface area contributed by atoms with Gasteiger partial charge in [0.2, 0.25) is 5.88 Å². The molecule has 0 radical (unpaired) electrons. The third-order valence-corrected chi connectivity index (χ3v) is 5.46. The molecule has 1 unspecified atom stereocenters. The van der Waals surface area contributed by atoms with Crippen LogP contribution in [-0.2, 0) is 4.74 Å². The second-order valence-electron chi connectivity index (χ2n) is 6.75. The van der Waals surface area contributed by atoms with Crippen molar-refractivity contribution in [1.82, 2.24) is 20.3 Å². The average Bonchev–Trinajstić information content (AvgIpc) is 3.40. The molecule has 0 saturated carbocycles. The number of urea groups is 1. The molecule has 10 heteroatoms. The van der Waals surface area contributed by atoms with E-state index in [4.69, 9.17) is 14.7 Å². The van der Waals surface area contributed by atoms with Gasteiger partial charge in [-0.1, -0.05) is 11.3 Å². The number of hydrogen-bond acceptors (Lipinski definition) is 8. The molecular formula is C20H20N6O3S. The molecule has 2 amide bonds. The summed E-state index contributed by atoms with van der Waals surface area (Å²) in [6.45, 7) is 4.29. The number of nitriles is 1. The zero-order valence-corrected chi connectivity index (χ0v) is 17.2. The van der Waals surface area contributed by atoms with Crippen molar-refractivity contribution in [3.8, 4) is 23.1 Å². The second kappa shape index (κ2) is 9.02. The Balaban J connectivity index is 1.68. The molecule has 30 heavy (non-hydrogen) atoms. The molecule has 1 atom stereocenters. The van der Waals surface area contributed by atoms with E-state index in [9.17, 15) is 4.79 Å². The van der Waals surface area contributed by atoms with Crippen molar-refractivity contribution < 1.29 is 14.3 Å². The number of hydrogen-bond donors (Lipinski definition) is 2. The van der Waals surface area contributed by atoms with E-state index in [1.54, 1.807) is 18.3 Å². The third-order valence-electron chi connectivity index (χ3n) is 4.58. The van der Waals surface area contributed by atoms with Gasteiger partial charge in [0.25, 0.3) is 0 Å². The molecule has 3 aromatic heterocycles. The van der Waals surface area contributed by atoms with Gasteiger partial charge in [-0.05, 0) is 31.5 Å². The maximum absolute atomic E-state index is 11.8. The van der Waals surface area contributed by atoms with Gasteiger partial charge in [0.05, 0.1) is 13.2 Å². The van der Waals surface area contributed by atoms with Crippen LogP contribution in [0.3, 0.4) is 0 Å². The van der Waals surface area contributed by atoms with Crippen LogP contribution in [0.1, 0.15) is 19.0 Å². The van der Waals surface area contributed by atoms with E-state index in [-0.39, 0.29) is 6.03 Å². The fraction of sp³-hybridized carbons (Fsp3) is 0.350. The van der Waals surface area contributed by atoms with Gasteiger partial charge in [0.15, 0.2) is 5.13 Å². The van der Waals surface area contributed by atoms with Crippen LogP contribution in [0.25, 0.3) is 21.5 Å². The highest BCUT2D eigenvalue weighted by molar-refractivity contribution is 7.22. The first-order chi connectivity index (χ1) is 14.7. The fourth-order valence-electron chi connectivity index (χ4n) is 3.05. The van der Waals surface area contributed by atoms with Crippen molar-refractivity contribution in [2.45, 2.75) is 13.3 Å². The lowest BCUT2D eigenvalue weighted by Gasteiger charge is -2.13. The lowest BCUT2D eigenvalue weighted by molar-refractivity contribution is 0.166. The summed E-state index contributed by atoms with van der Waals surface area (Å²) < 4.78 is 11.5. The van der Waals surface area contributed by atoms with Crippen molar-refractivity contribution in [3.05, 3.63) is 30.1 Å². The molecule has 3 aromatic rings. The molecular weight excluding hydrogens is 404 g/mol. The van der Waals surface area contributed by atoms with Crippen LogP contribution in [0, 0.1) is 17.2 Å². The van der Waals surface area contributed by atoms with Gasteiger partial charge in [0.1, 0.15) is 22.1 Å². The second-order valence-corrected chi connectivity index (χ2v) is 7.73. The minimum Gasteiger partial charge on any atom is -0.477 e. The fourth-order valence-corrected chi connectivity index (χ4v) is 3.86. The Morgan fingerprint density at radius 1 is 1.43 bits per heavy atom. The van der Waals surface area contributed by atoms with Gasteiger partial charge >= 0.3 is 6.03 Å². The standard InChI is InChI=1S/C20H20N6O3S/c1-2-22-19(27)26-20-24-16-7-15(13-3-4-14(8-21)23-9-13)17(25-18(16)30-20)29-11-12-5-6-28-10-12/h3-4,7,9,12H,2,5-6,10-11H2,1H3,(H2,22,24,26,27). The smallest absolute Gasteiger partial charge is 0.321 e. The lowest BCUT2D eigenvalue weighted by atomic mass is 10.1. The van der Waals surface area contributed by atoms with E-state index in [2.05, 4.69) is 25.6 Å². The Hall–Kier alpha value is -3.29. The number of carbonyl (C=O) groups is 1. The van der Waals surface area contributed by atoms with Crippen LogP contribution in [0.5, 0.6) is 5.88 Å². The van der Waals surface area contributed by atoms with Gasteiger partial charge < -0.3 is 14.8 Å². The summed E-state index contributed by atoms with van der Waals surface area (Å²) >= 11 is 1.28. The number of thiazole rings is 1. The van der Waals surface area contributed by atoms with Gasteiger partial charge in [-0.15, -0.1) is 0 Å². The van der Waals surface area contributed by atoms with Crippen LogP contribution in [-0.4, -0.2) is 47.3 Å². The molecule has 4 rings (SSSR count). The Labute approximate surface area is 177 Å². The SMILES string of the molecule is CCNC(=O)Nc1nc2cc(-c3ccc(C#N)nc3)c(OCC3CCOC3)nc2s1. The molecule has 1 saturated heterocycles. The molecule has 1 aliphatic heterocycles. The number of amides is 2. The van der Waals surface area contributed by atoms with E-state index in [0.29, 0.717) is 52.7 Å². The summed E-state index contributed by atoms with van der Waals surface area (Å²) in [5, 5.41) is 14.8. The normalized spacial score (nSPS) is 15.7. The van der Waals surface area contributed by atoms with Gasteiger partial charge in [-0.25, -0.2) is 19.7 Å². The van der Waals surface area contributed by atoms with Gasteiger partial charge in [-0.3, -0.25) is 5.32 Å². The molecule has 154 valence electrons. The minimum atomic E-state index is -0.314. The molecule has 0 aliphatic carbocycles. The first kappa shape index (κ1) is 20.0. The van der Waals surface area contributed by atoms with Crippen LogP contribution in [0.2, 0.25) is 0 Å². The van der Waals surface area contributed by atoms with E-state index >= 15 is 0 Å². The molecule has 1 aliphatic rings.